The number of hydrogen-bond acceptors (Lipinski definition) is 5. The van der Waals surface area contributed by atoms with Gasteiger partial charge in [0.05, 0.1) is 17.0 Å². The van der Waals surface area contributed by atoms with E-state index in [1.807, 2.05) is 59.3 Å². The lowest BCUT2D eigenvalue weighted by Crippen LogP contribution is -2.28. The van der Waals surface area contributed by atoms with Gasteiger partial charge in [-0.1, -0.05) is 55.5 Å². The summed E-state index contributed by atoms with van der Waals surface area (Å²) in [6.07, 6.45) is 5.22. The number of aromatic nitrogens is 1. The first kappa shape index (κ1) is 24.8. The number of fused-ring (bicyclic) bond motifs is 1. The van der Waals surface area contributed by atoms with Gasteiger partial charge < -0.3 is 14.6 Å². The molecule has 0 radical (unpaired) electrons. The van der Waals surface area contributed by atoms with E-state index in [1.54, 1.807) is 13.2 Å². The average molecular weight is 492 g/mol. The Morgan fingerprint density at radius 2 is 1.91 bits per heavy atom. The van der Waals surface area contributed by atoms with Crippen LogP contribution in [0.1, 0.15) is 30.0 Å². The number of nitrogens with zero attached hydrogens (tertiary/aromatic N) is 2. The fourth-order valence-electron chi connectivity index (χ4n) is 4.19. The molecule has 3 amide bonds. The molecule has 0 spiro atoms. The number of aryl methyl sites for hydroxylation is 1. The largest absolute Gasteiger partial charge is 0.385 e. The number of para-hydroxylation sites is 1. The third kappa shape index (κ3) is 5.66. The average Bonchev–Trinajstić information content (AvgIpc) is 3.34. The Labute approximate surface area is 209 Å². The minimum Gasteiger partial charge on any atom is -0.385 e. The van der Waals surface area contributed by atoms with Gasteiger partial charge in [0.2, 0.25) is 5.91 Å². The Balaban J connectivity index is 1.61. The zero-order valence-electron chi connectivity index (χ0n) is 20.0. The second kappa shape index (κ2) is 11.4. The van der Waals surface area contributed by atoms with Gasteiger partial charge in [0.15, 0.2) is 0 Å². The standard InChI is InChI=1S/C27H29N3O4S/c1-3-20-11-7-12-22-21(17-29(25(20)22)18-24(31)28-13-8-14-34-2)15-23-26(32)30(27(33)35-23)16-19-9-5-4-6-10-19/h4-7,9-12,15,17H,3,8,13-14,16,18H2,1-2H3,(H,28,31)/b23-15-. The predicted molar refractivity (Wildman–Crippen MR) is 139 cm³/mol. The summed E-state index contributed by atoms with van der Waals surface area (Å²) in [7, 11) is 1.64. The number of thioether (sulfide) groups is 1. The van der Waals surface area contributed by atoms with Crippen LogP contribution in [-0.4, -0.2) is 46.8 Å². The summed E-state index contributed by atoms with van der Waals surface area (Å²) in [5, 5.41) is 3.60. The smallest absolute Gasteiger partial charge is 0.293 e. The van der Waals surface area contributed by atoms with Crippen molar-refractivity contribution in [3.63, 3.8) is 0 Å². The molecular weight excluding hydrogens is 462 g/mol. The van der Waals surface area contributed by atoms with Gasteiger partial charge in [-0.2, -0.15) is 0 Å². The van der Waals surface area contributed by atoms with Gasteiger partial charge >= 0.3 is 0 Å². The van der Waals surface area contributed by atoms with E-state index in [0.717, 1.165) is 52.2 Å². The van der Waals surface area contributed by atoms with E-state index in [2.05, 4.69) is 12.2 Å². The summed E-state index contributed by atoms with van der Waals surface area (Å²) < 4.78 is 6.96. The summed E-state index contributed by atoms with van der Waals surface area (Å²) in [5.74, 6) is -0.383. The van der Waals surface area contributed by atoms with Crippen LogP contribution in [0.4, 0.5) is 4.79 Å². The molecule has 4 rings (SSSR count). The van der Waals surface area contributed by atoms with Gasteiger partial charge in [-0.25, -0.2) is 0 Å². The second-order valence-corrected chi connectivity index (χ2v) is 9.32. The fourth-order valence-corrected chi connectivity index (χ4v) is 5.02. The topological polar surface area (TPSA) is 80.6 Å². The highest BCUT2D eigenvalue weighted by Gasteiger charge is 2.35. The molecule has 0 atom stereocenters. The zero-order chi connectivity index (χ0) is 24.8. The number of carbonyl (C=O) groups excluding carboxylic acids is 3. The monoisotopic (exact) mass is 491 g/mol. The SMILES string of the molecule is CCc1cccc2c(/C=C3\SC(=O)N(Cc4ccccc4)C3=O)cn(CC(=O)NCCCOC)c12. The number of amides is 3. The quantitative estimate of drug-likeness (QED) is 0.331. The van der Waals surface area contributed by atoms with Crippen molar-refractivity contribution in [1.29, 1.82) is 0 Å². The fraction of sp³-hybridized carbons (Fsp3) is 0.296. The summed E-state index contributed by atoms with van der Waals surface area (Å²) in [6, 6.07) is 15.5. The van der Waals surface area contributed by atoms with E-state index >= 15 is 0 Å². The molecule has 3 aromatic rings. The van der Waals surface area contributed by atoms with Crippen LogP contribution < -0.4 is 5.32 Å². The molecule has 0 aliphatic carbocycles. The highest BCUT2D eigenvalue weighted by atomic mass is 32.2. The van der Waals surface area contributed by atoms with Crippen molar-refractivity contribution < 1.29 is 19.1 Å². The van der Waals surface area contributed by atoms with Crippen molar-refractivity contribution in [1.82, 2.24) is 14.8 Å². The summed E-state index contributed by atoms with van der Waals surface area (Å²) in [5.41, 5.74) is 3.80. The van der Waals surface area contributed by atoms with Crippen molar-refractivity contribution in [2.45, 2.75) is 32.9 Å². The van der Waals surface area contributed by atoms with Crippen LogP contribution >= 0.6 is 11.8 Å². The van der Waals surface area contributed by atoms with E-state index in [1.165, 1.54) is 4.90 Å². The molecule has 35 heavy (non-hydrogen) atoms. The van der Waals surface area contributed by atoms with Crippen molar-refractivity contribution >= 4 is 45.8 Å². The van der Waals surface area contributed by atoms with Crippen LogP contribution in [0.5, 0.6) is 0 Å². The number of imide groups is 1. The molecule has 1 aliphatic heterocycles. The van der Waals surface area contributed by atoms with Gasteiger partial charge in [0, 0.05) is 37.4 Å². The minimum atomic E-state index is -0.299. The first-order chi connectivity index (χ1) is 17.0. The minimum absolute atomic E-state index is 0.0846. The van der Waals surface area contributed by atoms with E-state index < -0.39 is 0 Å². The van der Waals surface area contributed by atoms with Crippen molar-refractivity contribution in [2.24, 2.45) is 0 Å². The van der Waals surface area contributed by atoms with Crippen LogP contribution in [0.2, 0.25) is 0 Å². The molecule has 2 aromatic carbocycles. The molecule has 0 bridgehead atoms. The van der Waals surface area contributed by atoms with Gasteiger partial charge in [0.1, 0.15) is 6.54 Å². The Morgan fingerprint density at radius 1 is 1.11 bits per heavy atom. The zero-order valence-corrected chi connectivity index (χ0v) is 20.8. The maximum atomic E-state index is 13.1. The third-order valence-corrected chi connectivity index (χ3v) is 6.81. The molecule has 1 saturated heterocycles. The van der Waals surface area contributed by atoms with Crippen LogP contribution in [0.15, 0.2) is 59.6 Å². The van der Waals surface area contributed by atoms with E-state index in [9.17, 15) is 14.4 Å². The highest BCUT2D eigenvalue weighted by molar-refractivity contribution is 8.18. The van der Waals surface area contributed by atoms with Crippen LogP contribution in [-0.2, 0) is 33.8 Å². The van der Waals surface area contributed by atoms with Gasteiger partial charge in [-0.15, -0.1) is 0 Å². The van der Waals surface area contributed by atoms with Crippen molar-refractivity contribution in [3.8, 4) is 0 Å². The Kier molecular flexibility index (Phi) is 8.05. The van der Waals surface area contributed by atoms with Crippen LogP contribution in [0, 0.1) is 0 Å². The lowest BCUT2D eigenvalue weighted by atomic mass is 10.1. The Morgan fingerprint density at radius 3 is 2.66 bits per heavy atom. The third-order valence-electron chi connectivity index (χ3n) is 5.90. The number of ether oxygens (including phenoxy) is 1. The summed E-state index contributed by atoms with van der Waals surface area (Å²) in [4.78, 5) is 39.9. The first-order valence-corrected chi connectivity index (χ1v) is 12.5. The molecule has 1 fully saturated rings. The maximum Gasteiger partial charge on any atom is 0.293 e. The molecule has 0 saturated carbocycles. The number of methoxy groups -OCH3 is 1. The number of hydrogen-bond donors (Lipinski definition) is 1. The molecule has 8 heteroatoms. The summed E-state index contributed by atoms with van der Waals surface area (Å²) in [6.45, 7) is 3.63. The van der Waals surface area contributed by atoms with E-state index in [4.69, 9.17) is 4.74 Å². The van der Waals surface area contributed by atoms with Gasteiger partial charge in [-0.3, -0.25) is 19.3 Å². The molecule has 1 aromatic heterocycles. The number of carbonyl (C=O) groups is 3. The van der Waals surface area contributed by atoms with Crippen LogP contribution in [0.25, 0.3) is 17.0 Å². The predicted octanol–water partition coefficient (Wildman–Crippen LogP) is 4.59. The van der Waals surface area contributed by atoms with Gasteiger partial charge in [0.25, 0.3) is 11.1 Å². The highest BCUT2D eigenvalue weighted by Crippen LogP contribution is 2.35. The lowest BCUT2D eigenvalue weighted by molar-refractivity contribution is -0.123. The molecule has 1 aliphatic rings. The molecule has 0 unspecified atom stereocenters. The normalized spacial score (nSPS) is 14.9. The number of rotatable bonds is 10. The lowest BCUT2D eigenvalue weighted by Gasteiger charge is -2.12. The van der Waals surface area contributed by atoms with Crippen LogP contribution in [0.3, 0.4) is 0 Å². The molecular formula is C27H29N3O4S. The summed E-state index contributed by atoms with van der Waals surface area (Å²) >= 11 is 0.951. The number of nitrogens with one attached hydrogen (secondary N) is 1. The first-order valence-electron chi connectivity index (χ1n) is 11.7. The van der Waals surface area contributed by atoms with Crippen molar-refractivity contribution in [2.75, 3.05) is 20.3 Å². The molecule has 182 valence electrons. The van der Waals surface area contributed by atoms with Crippen molar-refractivity contribution in [3.05, 3.63) is 76.3 Å². The molecule has 1 N–H and O–H groups in total. The molecule has 2 heterocycles. The Hall–Kier alpha value is -3.36. The maximum absolute atomic E-state index is 13.1. The Bertz CT molecular complexity index is 1270. The number of benzene rings is 2. The van der Waals surface area contributed by atoms with E-state index in [0.29, 0.717) is 18.1 Å². The molecule has 7 nitrogen and oxygen atoms in total. The van der Waals surface area contributed by atoms with E-state index in [-0.39, 0.29) is 30.1 Å². The van der Waals surface area contributed by atoms with Gasteiger partial charge in [-0.05, 0) is 41.8 Å². The second-order valence-electron chi connectivity index (χ2n) is 8.33.